The molecule has 3 nitrogen and oxygen atoms in total. The van der Waals surface area contributed by atoms with Gasteiger partial charge in [-0.15, -0.1) is 0 Å². The molecule has 0 aromatic rings. The van der Waals surface area contributed by atoms with Crippen molar-refractivity contribution in [3.63, 3.8) is 0 Å². The molecule has 3 heteroatoms. The summed E-state index contributed by atoms with van der Waals surface area (Å²) < 4.78 is 5.46. The lowest BCUT2D eigenvalue weighted by atomic mass is 10.00. The zero-order chi connectivity index (χ0) is 13.4. The van der Waals surface area contributed by atoms with Gasteiger partial charge >= 0.3 is 0 Å². The second-order valence-electron chi connectivity index (χ2n) is 6.28. The monoisotopic (exact) mass is 256 g/mol. The van der Waals surface area contributed by atoms with Crippen LogP contribution in [0.3, 0.4) is 0 Å². The molecule has 1 N–H and O–H groups in total. The van der Waals surface area contributed by atoms with Crippen LogP contribution in [0, 0.1) is 0 Å². The van der Waals surface area contributed by atoms with Crippen LogP contribution in [0.5, 0.6) is 0 Å². The Bertz CT molecular complexity index is 213. The fourth-order valence-electron chi connectivity index (χ4n) is 2.73. The van der Waals surface area contributed by atoms with Crippen molar-refractivity contribution >= 4 is 0 Å². The predicted molar refractivity (Wildman–Crippen MR) is 78.1 cm³/mol. The van der Waals surface area contributed by atoms with Crippen LogP contribution in [-0.2, 0) is 4.74 Å². The molecular weight excluding hydrogens is 224 g/mol. The molecule has 0 saturated carbocycles. The summed E-state index contributed by atoms with van der Waals surface area (Å²) in [6.07, 6.45) is 6.54. The molecule has 1 fully saturated rings. The van der Waals surface area contributed by atoms with Gasteiger partial charge in [-0.1, -0.05) is 6.42 Å². The van der Waals surface area contributed by atoms with Gasteiger partial charge in [-0.25, -0.2) is 0 Å². The molecule has 0 amide bonds. The number of likely N-dealkylation sites (tertiary alicyclic amines) is 1. The Labute approximate surface area is 113 Å². The lowest BCUT2D eigenvalue weighted by molar-refractivity contribution is 0.00855. The van der Waals surface area contributed by atoms with Gasteiger partial charge in [0.2, 0.25) is 0 Å². The molecule has 0 radical (unpaired) electrons. The van der Waals surface area contributed by atoms with E-state index in [-0.39, 0.29) is 5.60 Å². The quantitative estimate of drug-likeness (QED) is 0.676. The summed E-state index contributed by atoms with van der Waals surface area (Å²) in [4.78, 5) is 2.61. The summed E-state index contributed by atoms with van der Waals surface area (Å²) >= 11 is 0. The van der Waals surface area contributed by atoms with Crippen molar-refractivity contribution in [1.29, 1.82) is 0 Å². The summed E-state index contributed by atoms with van der Waals surface area (Å²) in [7, 11) is 1.79. The molecule has 1 saturated heterocycles. The van der Waals surface area contributed by atoms with Gasteiger partial charge in [-0.3, -0.25) is 0 Å². The first-order chi connectivity index (χ1) is 8.53. The van der Waals surface area contributed by atoms with Crippen LogP contribution >= 0.6 is 0 Å². The van der Waals surface area contributed by atoms with Crippen LogP contribution in [0.2, 0.25) is 0 Å². The molecule has 1 atom stereocenters. The lowest BCUT2D eigenvalue weighted by Gasteiger charge is -2.28. The number of hydrogen-bond donors (Lipinski definition) is 1. The summed E-state index contributed by atoms with van der Waals surface area (Å²) in [5.74, 6) is 0. The highest BCUT2D eigenvalue weighted by Crippen LogP contribution is 2.15. The third kappa shape index (κ3) is 6.72. The fourth-order valence-corrected chi connectivity index (χ4v) is 2.73. The van der Waals surface area contributed by atoms with Crippen molar-refractivity contribution < 1.29 is 4.74 Å². The molecule has 0 aliphatic carbocycles. The van der Waals surface area contributed by atoms with Gasteiger partial charge < -0.3 is 15.0 Å². The molecule has 0 bridgehead atoms. The molecule has 1 aliphatic rings. The highest BCUT2D eigenvalue weighted by atomic mass is 16.5. The number of piperidine rings is 1. The maximum atomic E-state index is 5.46. The number of hydrogen-bond acceptors (Lipinski definition) is 3. The summed E-state index contributed by atoms with van der Waals surface area (Å²) in [5.41, 5.74) is -0.0146. The van der Waals surface area contributed by atoms with Crippen LogP contribution < -0.4 is 5.32 Å². The van der Waals surface area contributed by atoms with Gasteiger partial charge in [0, 0.05) is 13.2 Å². The second kappa shape index (κ2) is 8.13. The van der Waals surface area contributed by atoms with Gasteiger partial charge in [0.15, 0.2) is 0 Å². The van der Waals surface area contributed by atoms with E-state index in [1.165, 1.54) is 45.3 Å². The van der Waals surface area contributed by atoms with Gasteiger partial charge in [-0.05, 0) is 72.6 Å². The topological polar surface area (TPSA) is 24.5 Å². The van der Waals surface area contributed by atoms with Gasteiger partial charge in [0.25, 0.3) is 0 Å². The molecule has 0 spiro atoms. The van der Waals surface area contributed by atoms with Crippen molar-refractivity contribution in [2.24, 2.45) is 0 Å². The third-order valence-electron chi connectivity index (χ3n) is 3.94. The number of ether oxygens (including phenoxy) is 1. The van der Waals surface area contributed by atoms with Crippen molar-refractivity contribution in [2.45, 2.75) is 64.5 Å². The minimum Gasteiger partial charge on any atom is -0.379 e. The molecule has 1 heterocycles. The van der Waals surface area contributed by atoms with E-state index >= 15 is 0 Å². The van der Waals surface area contributed by atoms with Crippen LogP contribution in [0.1, 0.15) is 52.9 Å². The van der Waals surface area contributed by atoms with E-state index in [0.717, 1.165) is 13.0 Å². The van der Waals surface area contributed by atoms with Gasteiger partial charge in [0.1, 0.15) is 0 Å². The Morgan fingerprint density at radius 1 is 1.22 bits per heavy atom. The first-order valence-corrected chi connectivity index (χ1v) is 7.54. The first kappa shape index (κ1) is 15.9. The molecule has 108 valence electrons. The third-order valence-corrected chi connectivity index (χ3v) is 3.94. The zero-order valence-corrected chi connectivity index (χ0v) is 12.8. The standard InChI is InChI=1S/C15H32N2O/c1-14(13-15(2,3)18-4)16-9-8-12-17-10-6-5-7-11-17/h14,16H,5-13H2,1-4H3. The van der Waals surface area contributed by atoms with Crippen LogP contribution in [0.4, 0.5) is 0 Å². The fraction of sp³-hybridized carbons (Fsp3) is 1.00. The largest absolute Gasteiger partial charge is 0.379 e. The van der Waals surface area contributed by atoms with Crippen molar-refractivity contribution in [3.05, 3.63) is 0 Å². The maximum Gasteiger partial charge on any atom is 0.0637 e. The molecule has 1 aliphatic heterocycles. The van der Waals surface area contributed by atoms with Gasteiger partial charge in [0.05, 0.1) is 5.60 Å². The van der Waals surface area contributed by atoms with E-state index in [2.05, 4.69) is 31.0 Å². The molecule has 1 unspecified atom stereocenters. The van der Waals surface area contributed by atoms with Crippen LogP contribution in [-0.4, -0.2) is 49.8 Å². The van der Waals surface area contributed by atoms with E-state index in [1.54, 1.807) is 7.11 Å². The second-order valence-corrected chi connectivity index (χ2v) is 6.28. The van der Waals surface area contributed by atoms with Crippen LogP contribution in [0.15, 0.2) is 0 Å². The number of rotatable bonds is 8. The van der Waals surface area contributed by atoms with E-state index in [0.29, 0.717) is 6.04 Å². The van der Waals surface area contributed by atoms with Crippen molar-refractivity contribution in [1.82, 2.24) is 10.2 Å². The van der Waals surface area contributed by atoms with E-state index < -0.39 is 0 Å². The maximum absolute atomic E-state index is 5.46. The Kier molecular flexibility index (Phi) is 7.20. The predicted octanol–water partition coefficient (Wildman–Crippen LogP) is 2.66. The number of nitrogens with one attached hydrogen (secondary N) is 1. The normalized spacial score (nSPS) is 20.0. The zero-order valence-electron chi connectivity index (χ0n) is 12.8. The van der Waals surface area contributed by atoms with E-state index in [1.807, 2.05) is 0 Å². The van der Waals surface area contributed by atoms with E-state index in [9.17, 15) is 0 Å². The molecule has 1 rings (SSSR count). The lowest BCUT2D eigenvalue weighted by Crippen LogP contribution is -2.37. The molecular formula is C15H32N2O. The highest BCUT2D eigenvalue weighted by Gasteiger charge is 2.19. The number of methoxy groups -OCH3 is 1. The minimum absolute atomic E-state index is 0.0146. The molecule has 0 aromatic heterocycles. The number of nitrogens with zero attached hydrogens (tertiary/aromatic N) is 1. The Hall–Kier alpha value is -0.120. The summed E-state index contributed by atoms with van der Waals surface area (Å²) in [6, 6.07) is 0.529. The Morgan fingerprint density at radius 3 is 2.50 bits per heavy atom. The van der Waals surface area contributed by atoms with Crippen molar-refractivity contribution in [3.8, 4) is 0 Å². The summed E-state index contributed by atoms with van der Waals surface area (Å²) in [6.45, 7) is 11.6. The molecule has 18 heavy (non-hydrogen) atoms. The average Bonchev–Trinajstić information content (AvgIpc) is 2.35. The summed E-state index contributed by atoms with van der Waals surface area (Å²) in [5, 5.41) is 3.61. The Morgan fingerprint density at radius 2 is 1.89 bits per heavy atom. The van der Waals surface area contributed by atoms with Gasteiger partial charge in [-0.2, -0.15) is 0 Å². The van der Waals surface area contributed by atoms with E-state index in [4.69, 9.17) is 4.74 Å². The first-order valence-electron chi connectivity index (χ1n) is 7.54. The van der Waals surface area contributed by atoms with Crippen LogP contribution in [0.25, 0.3) is 0 Å². The Balaban J connectivity index is 2.02. The highest BCUT2D eigenvalue weighted by molar-refractivity contribution is 4.75. The minimum atomic E-state index is -0.0146. The smallest absolute Gasteiger partial charge is 0.0637 e. The van der Waals surface area contributed by atoms with Crippen molar-refractivity contribution in [2.75, 3.05) is 33.3 Å². The molecule has 0 aromatic carbocycles. The SMILES string of the molecule is COC(C)(C)CC(C)NCCCN1CCCCC1. The average molecular weight is 256 g/mol.